The summed E-state index contributed by atoms with van der Waals surface area (Å²) in [6.45, 7) is 2.39. The maximum absolute atomic E-state index is 13.0. The van der Waals surface area contributed by atoms with E-state index < -0.39 is 5.82 Å². The van der Waals surface area contributed by atoms with Crippen LogP contribution in [0.2, 0.25) is 5.02 Å². The second kappa shape index (κ2) is 9.38. The van der Waals surface area contributed by atoms with E-state index in [2.05, 4.69) is 5.32 Å². The Hall–Kier alpha value is -0.780. The zero-order chi connectivity index (χ0) is 15.8. The van der Waals surface area contributed by atoms with Crippen molar-refractivity contribution in [1.82, 2.24) is 5.32 Å². The molecule has 0 atom stereocenters. The lowest BCUT2D eigenvalue weighted by molar-refractivity contribution is -0.120. The number of nitrogens with one attached hydrogen (secondary N) is 1. The van der Waals surface area contributed by atoms with Gasteiger partial charge in [-0.15, -0.1) is 0 Å². The summed E-state index contributed by atoms with van der Waals surface area (Å²) in [5.41, 5.74) is 0.873. The third-order valence-electron chi connectivity index (χ3n) is 3.57. The molecule has 1 N–H and O–H groups in total. The summed E-state index contributed by atoms with van der Waals surface area (Å²) >= 11 is 7.62. The number of benzene rings is 1. The molecule has 1 amide bonds. The van der Waals surface area contributed by atoms with Crippen molar-refractivity contribution in [1.29, 1.82) is 0 Å². The van der Waals surface area contributed by atoms with Crippen LogP contribution in [0.3, 0.4) is 0 Å². The van der Waals surface area contributed by atoms with Crippen LogP contribution in [0.25, 0.3) is 0 Å². The Morgan fingerprint density at radius 1 is 1.41 bits per heavy atom. The Morgan fingerprint density at radius 3 is 2.91 bits per heavy atom. The van der Waals surface area contributed by atoms with E-state index in [1.165, 1.54) is 6.07 Å². The number of rotatable bonds is 7. The van der Waals surface area contributed by atoms with Crippen LogP contribution in [0, 0.1) is 5.82 Å². The van der Waals surface area contributed by atoms with Gasteiger partial charge in [-0.1, -0.05) is 17.7 Å². The minimum atomic E-state index is -0.431. The van der Waals surface area contributed by atoms with E-state index in [0.717, 1.165) is 37.4 Å². The molecule has 1 heterocycles. The van der Waals surface area contributed by atoms with E-state index in [-0.39, 0.29) is 10.9 Å². The number of carbonyl (C=O) groups is 1. The molecular formula is C16H21ClFNO2S. The van der Waals surface area contributed by atoms with Crippen LogP contribution in [0.1, 0.15) is 24.8 Å². The standard InChI is InChI=1S/C16H21ClFNO2S/c17-14-11-12(1-3-15(14)18)2-4-16(20)19-7-10-22-13-5-8-21-9-6-13/h1,3,11,13H,2,4-10H2,(H,19,20). The topological polar surface area (TPSA) is 38.3 Å². The van der Waals surface area contributed by atoms with Gasteiger partial charge in [-0.3, -0.25) is 4.79 Å². The van der Waals surface area contributed by atoms with Gasteiger partial charge in [0.15, 0.2) is 0 Å². The third kappa shape index (κ3) is 6.15. The molecule has 1 aliphatic heterocycles. The van der Waals surface area contributed by atoms with Crippen molar-refractivity contribution >= 4 is 29.3 Å². The summed E-state index contributed by atoms with van der Waals surface area (Å²) in [6, 6.07) is 4.57. The van der Waals surface area contributed by atoms with E-state index >= 15 is 0 Å². The summed E-state index contributed by atoms with van der Waals surface area (Å²) in [6.07, 6.45) is 3.16. The highest BCUT2D eigenvalue weighted by Gasteiger charge is 2.13. The summed E-state index contributed by atoms with van der Waals surface area (Å²) in [5.74, 6) is 0.520. The molecule has 1 aromatic rings. The lowest BCUT2D eigenvalue weighted by Gasteiger charge is -2.21. The van der Waals surface area contributed by atoms with Crippen molar-refractivity contribution in [3.63, 3.8) is 0 Å². The van der Waals surface area contributed by atoms with Gasteiger partial charge in [0.2, 0.25) is 5.91 Å². The highest BCUT2D eigenvalue weighted by molar-refractivity contribution is 7.99. The normalized spacial score (nSPS) is 15.7. The van der Waals surface area contributed by atoms with Crippen LogP contribution in [0.4, 0.5) is 4.39 Å². The number of ether oxygens (including phenoxy) is 1. The highest BCUT2D eigenvalue weighted by Crippen LogP contribution is 2.21. The molecule has 1 fully saturated rings. The maximum Gasteiger partial charge on any atom is 0.220 e. The molecule has 22 heavy (non-hydrogen) atoms. The number of amides is 1. The second-order valence-corrected chi connectivity index (χ2v) is 7.10. The predicted molar refractivity (Wildman–Crippen MR) is 89.0 cm³/mol. The van der Waals surface area contributed by atoms with Crippen LogP contribution in [-0.4, -0.2) is 36.7 Å². The van der Waals surface area contributed by atoms with Crippen molar-refractivity contribution in [2.24, 2.45) is 0 Å². The molecule has 1 aromatic carbocycles. The molecule has 0 bridgehead atoms. The molecule has 3 nitrogen and oxygen atoms in total. The zero-order valence-corrected chi connectivity index (χ0v) is 14.0. The second-order valence-electron chi connectivity index (χ2n) is 5.28. The minimum Gasteiger partial charge on any atom is -0.381 e. The molecular weight excluding hydrogens is 325 g/mol. The van der Waals surface area contributed by atoms with Crippen LogP contribution in [0.15, 0.2) is 18.2 Å². The number of aryl methyl sites for hydroxylation is 1. The lowest BCUT2D eigenvalue weighted by Crippen LogP contribution is -2.27. The number of carbonyl (C=O) groups excluding carboxylic acids is 1. The van der Waals surface area contributed by atoms with E-state index in [1.807, 2.05) is 11.8 Å². The van der Waals surface area contributed by atoms with Crippen molar-refractivity contribution in [2.45, 2.75) is 30.9 Å². The Kier molecular flexibility index (Phi) is 7.49. The van der Waals surface area contributed by atoms with Gasteiger partial charge in [0.05, 0.1) is 5.02 Å². The Bertz CT molecular complexity index is 495. The molecule has 0 saturated carbocycles. The molecule has 0 radical (unpaired) electrons. The average molecular weight is 346 g/mol. The molecule has 122 valence electrons. The van der Waals surface area contributed by atoms with Gasteiger partial charge in [0.25, 0.3) is 0 Å². The van der Waals surface area contributed by atoms with Crippen molar-refractivity contribution in [3.05, 3.63) is 34.6 Å². The van der Waals surface area contributed by atoms with Crippen LogP contribution < -0.4 is 5.32 Å². The SMILES string of the molecule is O=C(CCc1ccc(F)c(Cl)c1)NCCSC1CCOCC1. The van der Waals surface area contributed by atoms with Crippen LogP contribution >= 0.6 is 23.4 Å². The molecule has 6 heteroatoms. The summed E-state index contributed by atoms with van der Waals surface area (Å²) in [7, 11) is 0. The van der Waals surface area contributed by atoms with Crippen molar-refractivity contribution < 1.29 is 13.9 Å². The van der Waals surface area contributed by atoms with Gasteiger partial charge in [-0.05, 0) is 37.0 Å². The Morgan fingerprint density at radius 2 is 2.18 bits per heavy atom. The summed E-state index contributed by atoms with van der Waals surface area (Å²) in [4.78, 5) is 11.8. The zero-order valence-electron chi connectivity index (χ0n) is 12.4. The molecule has 2 rings (SSSR count). The summed E-state index contributed by atoms with van der Waals surface area (Å²) in [5, 5.41) is 3.68. The Balaban J connectivity index is 1.58. The maximum atomic E-state index is 13.0. The fourth-order valence-corrected chi connectivity index (χ4v) is 3.58. The lowest BCUT2D eigenvalue weighted by atomic mass is 10.1. The van der Waals surface area contributed by atoms with Gasteiger partial charge in [0, 0.05) is 37.2 Å². The van der Waals surface area contributed by atoms with E-state index in [1.54, 1.807) is 12.1 Å². The van der Waals surface area contributed by atoms with Crippen LogP contribution in [0.5, 0.6) is 0 Å². The quantitative estimate of drug-likeness (QED) is 0.769. The molecule has 0 aliphatic carbocycles. The average Bonchev–Trinajstić information content (AvgIpc) is 2.54. The first-order valence-corrected chi connectivity index (χ1v) is 8.98. The molecule has 0 unspecified atom stereocenters. The van der Waals surface area contributed by atoms with Gasteiger partial charge in [0.1, 0.15) is 5.82 Å². The molecule has 1 aliphatic rings. The van der Waals surface area contributed by atoms with Gasteiger partial charge >= 0.3 is 0 Å². The summed E-state index contributed by atoms with van der Waals surface area (Å²) < 4.78 is 18.4. The first kappa shape index (κ1) is 17.6. The highest BCUT2D eigenvalue weighted by atomic mass is 35.5. The number of thioether (sulfide) groups is 1. The largest absolute Gasteiger partial charge is 0.381 e. The number of hydrogen-bond acceptors (Lipinski definition) is 3. The molecule has 0 spiro atoms. The third-order valence-corrected chi connectivity index (χ3v) is 5.24. The fraction of sp³-hybridized carbons (Fsp3) is 0.562. The van der Waals surface area contributed by atoms with E-state index in [9.17, 15) is 9.18 Å². The van der Waals surface area contributed by atoms with Gasteiger partial charge < -0.3 is 10.1 Å². The smallest absolute Gasteiger partial charge is 0.220 e. The first-order valence-electron chi connectivity index (χ1n) is 7.55. The Labute approximate surface area is 139 Å². The van der Waals surface area contributed by atoms with Gasteiger partial charge in [-0.25, -0.2) is 4.39 Å². The van der Waals surface area contributed by atoms with E-state index in [0.29, 0.717) is 24.6 Å². The monoisotopic (exact) mass is 345 g/mol. The predicted octanol–water partition coefficient (Wildman–Crippen LogP) is 3.44. The first-order chi connectivity index (χ1) is 10.6. The minimum absolute atomic E-state index is 0.0213. The van der Waals surface area contributed by atoms with Gasteiger partial charge in [-0.2, -0.15) is 11.8 Å². The van der Waals surface area contributed by atoms with Crippen molar-refractivity contribution in [2.75, 3.05) is 25.5 Å². The fourth-order valence-electron chi connectivity index (χ4n) is 2.30. The van der Waals surface area contributed by atoms with Crippen LogP contribution in [-0.2, 0) is 16.0 Å². The van der Waals surface area contributed by atoms with E-state index in [4.69, 9.17) is 16.3 Å². The number of halogens is 2. The van der Waals surface area contributed by atoms with Crippen molar-refractivity contribution in [3.8, 4) is 0 Å². The molecule has 1 saturated heterocycles. The number of hydrogen-bond donors (Lipinski definition) is 1. The molecule has 0 aromatic heterocycles.